The van der Waals surface area contributed by atoms with Crippen LogP contribution in [-0.4, -0.2) is 80.6 Å². The molecule has 0 rings (SSSR count). The quantitative estimate of drug-likeness (QED) is 0.0283. The number of hydrogen-bond acceptors (Lipinski definition) is 6. The molecule has 0 spiro atoms. The zero-order valence-electron chi connectivity index (χ0n) is 38.7. The molecule has 59 heavy (non-hydrogen) atoms. The number of hydrogen-bond donors (Lipinski definition) is 1. The minimum atomic E-state index is -0.882. The zero-order valence-corrected chi connectivity index (χ0v) is 38.7. The van der Waals surface area contributed by atoms with E-state index in [9.17, 15) is 19.5 Å². The smallest absolute Gasteiger partial charge is 0.362 e. The number of allylic oxidation sites excluding steroid dienone is 10. The van der Waals surface area contributed by atoms with Gasteiger partial charge >= 0.3 is 17.9 Å². The van der Waals surface area contributed by atoms with Crippen molar-refractivity contribution < 1.29 is 38.2 Å². The van der Waals surface area contributed by atoms with Crippen molar-refractivity contribution in [3.8, 4) is 0 Å². The molecular formula is C51H90NO7+. The van der Waals surface area contributed by atoms with E-state index in [4.69, 9.17) is 14.2 Å². The fourth-order valence-electron chi connectivity index (χ4n) is 6.88. The van der Waals surface area contributed by atoms with E-state index in [2.05, 4.69) is 26.0 Å². The Kier molecular flexibility index (Phi) is 39.6. The molecule has 0 aliphatic rings. The Morgan fingerprint density at radius 3 is 1.41 bits per heavy atom. The maximum absolute atomic E-state index is 12.8. The number of likely N-dealkylation sites (N-methyl/N-ethyl adjacent to an activating group) is 1. The van der Waals surface area contributed by atoms with Gasteiger partial charge in [0.2, 0.25) is 0 Å². The van der Waals surface area contributed by atoms with E-state index < -0.39 is 18.1 Å². The lowest BCUT2D eigenvalue weighted by Gasteiger charge is -2.31. The van der Waals surface area contributed by atoms with Crippen LogP contribution in [0.3, 0.4) is 0 Å². The van der Waals surface area contributed by atoms with Gasteiger partial charge in [-0.2, -0.15) is 0 Å². The third-order valence-corrected chi connectivity index (χ3v) is 10.6. The van der Waals surface area contributed by atoms with Gasteiger partial charge in [-0.1, -0.05) is 203 Å². The van der Waals surface area contributed by atoms with Gasteiger partial charge in [0, 0.05) is 19.3 Å². The molecule has 0 fully saturated rings. The standard InChI is InChI=1S/C51H89NO7/c1-6-8-10-12-14-16-18-20-22-23-24-25-26-28-30-32-34-36-38-40-42-50(54)59-47(45-57-44-43-48(51(55)56)52(3,4)5)46-58-49(53)41-39-37-35-33-31-29-27-21-19-17-15-13-11-9-7-2/h9,11,13,15,17,19,21,27,29,31,47-48H,6-8,10,12,14,16,18,20,22-26,28,30,32-46H2,1-5H3/p+1/b11-9+,15-13+,19-17+,27-21+,31-29+. The maximum atomic E-state index is 12.8. The molecule has 0 heterocycles. The first-order valence-electron chi connectivity index (χ1n) is 23.9. The number of unbranched alkanes of at least 4 members (excludes halogenated alkanes) is 22. The van der Waals surface area contributed by atoms with E-state index in [-0.39, 0.29) is 36.2 Å². The van der Waals surface area contributed by atoms with Crippen molar-refractivity contribution in [3.63, 3.8) is 0 Å². The number of aliphatic carboxylic acids is 1. The third kappa shape index (κ3) is 40.2. The molecule has 0 amide bonds. The van der Waals surface area contributed by atoms with Gasteiger partial charge < -0.3 is 23.8 Å². The first-order valence-corrected chi connectivity index (χ1v) is 23.9. The molecule has 0 aliphatic carbocycles. The number of rotatable bonds is 42. The van der Waals surface area contributed by atoms with Crippen molar-refractivity contribution in [1.82, 2.24) is 0 Å². The highest BCUT2D eigenvalue weighted by atomic mass is 16.6. The lowest BCUT2D eigenvalue weighted by atomic mass is 10.0. The fourth-order valence-corrected chi connectivity index (χ4v) is 6.88. The van der Waals surface area contributed by atoms with E-state index in [1.165, 1.54) is 109 Å². The maximum Gasteiger partial charge on any atom is 0.362 e. The first-order chi connectivity index (χ1) is 28.6. The molecule has 8 nitrogen and oxygen atoms in total. The van der Waals surface area contributed by atoms with Crippen molar-refractivity contribution >= 4 is 17.9 Å². The molecule has 0 saturated carbocycles. The van der Waals surface area contributed by atoms with Crippen molar-refractivity contribution in [2.24, 2.45) is 0 Å². The van der Waals surface area contributed by atoms with Gasteiger partial charge in [-0.25, -0.2) is 4.79 Å². The summed E-state index contributed by atoms with van der Waals surface area (Å²) in [6, 6.07) is -0.622. The predicted octanol–water partition coefficient (Wildman–Crippen LogP) is 13.4. The summed E-state index contributed by atoms with van der Waals surface area (Å²) < 4.78 is 17.3. The Labute approximate surface area is 362 Å². The molecule has 2 unspecified atom stereocenters. The zero-order chi connectivity index (χ0) is 43.5. The highest BCUT2D eigenvalue weighted by Gasteiger charge is 2.31. The van der Waals surface area contributed by atoms with Gasteiger partial charge in [0.1, 0.15) is 6.61 Å². The summed E-state index contributed by atoms with van der Waals surface area (Å²) >= 11 is 0. The lowest BCUT2D eigenvalue weighted by molar-refractivity contribution is -0.887. The number of carbonyl (C=O) groups excluding carboxylic acids is 2. The molecule has 8 heteroatoms. The molecule has 0 aromatic rings. The molecule has 2 atom stereocenters. The van der Waals surface area contributed by atoms with Crippen molar-refractivity contribution in [1.29, 1.82) is 0 Å². The van der Waals surface area contributed by atoms with E-state index in [0.29, 0.717) is 19.3 Å². The van der Waals surface area contributed by atoms with Gasteiger partial charge in [-0.3, -0.25) is 9.59 Å². The highest BCUT2D eigenvalue weighted by molar-refractivity contribution is 5.72. The monoisotopic (exact) mass is 829 g/mol. The molecule has 1 N–H and O–H groups in total. The van der Waals surface area contributed by atoms with Gasteiger partial charge in [0.25, 0.3) is 0 Å². The van der Waals surface area contributed by atoms with Crippen molar-refractivity contribution in [2.45, 2.75) is 206 Å². The van der Waals surface area contributed by atoms with E-state index >= 15 is 0 Å². The summed E-state index contributed by atoms with van der Waals surface area (Å²) in [6.45, 7) is 4.56. The average molecular weight is 829 g/mol. The van der Waals surface area contributed by atoms with Crippen molar-refractivity contribution in [3.05, 3.63) is 60.8 Å². The second-order valence-electron chi connectivity index (χ2n) is 17.1. The number of carbonyl (C=O) groups is 3. The molecule has 0 saturated heterocycles. The number of carboxylic acids is 1. The highest BCUT2D eigenvalue weighted by Crippen LogP contribution is 2.16. The molecular weight excluding hydrogens is 739 g/mol. The normalized spacial score (nSPS) is 13.4. The summed E-state index contributed by atoms with van der Waals surface area (Å²) in [7, 11) is 5.52. The third-order valence-electron chi connectivity index (χ3n) is 10.6. The van der Waals surface area contributed by atoms with Crippen LogP contribution in [0.1, 0.15) is 194 Å². The summed E-state index contributed by atoms with van der Waals surface area (Å²) in [6.07, 6.45) is 51.3. The minimum Gasteiger partial charge on any atom is -0.477 e. The Hall–Kier alpha value is -2.97. The SMILES string of the molecule is CC/C=C/C=C/C=C/C=C/C=C/CCCCCC(=O)OCC(COCCC(C(=O)O)[N+](C)(C)C)OC(=O)CCCCCCCCCCCCCCCCCCCCCC. The molecule has 0 bridgehead atoms. The van der Waals surface area contributed by atoms with Crippen LogP contribution in [0.5, 0.6) is 0 Å². The summed E-state index contributed by atoms with van der Waals surface area (Å²) in [5.74, 6) is -1.52. The average Bonchev–Trinajstić information content (AvgIpc) is 3.19. The van der Waals surface area contributed by atoms with E-state index in [1.54, 1.807) is 0 Å². The van der Waals surface area contributed by atoms with Crippen LogP contribution >= 0.6 is 0 Å². The van der Waals surface area contributed by atoms with Crippen LogP contribution in [0.25, 0.3) is 0 Å². The minimum absolute atomic E-state index is 0.0470. The Bertz CT molecular complexity index is 1150. The molecule has 0 radical (unpaired) electrons. The second-order valence-corrected chi connectivity index (χ2v) is 17.1. The van der Waals surface area contributed by atoms with Gasteiger partial charge in [0.15, 0.2) is 12.1 Å². The summed E-state index contributed by atoms with van der Waals surface area (Å²) in [5.41, 5.74) is 0. The Balaban J connectivity index is 4.32. The lowest BCUT2D eigenvalue weighted by Crippen LogP contribution is -2.50. The van der Waals surface area contributed by atoms with Crippen LogP contribution in [-0.2, 0) is 28.6 Å². The molecule has 340 valence electrons. The van der Waals surface area contributed by atoms with Crippen LogP contribution in [0.15, 0.2) is 60.8 Å². The molecule has 0 aromatic heterocycles. The Morgan fingerprint density at radius 1 is 0.525 bits per heavy atom. The molecule has 0 aliphatic heterocycles. The van der Waals surface area contributed by atoms with Crippen LogP contribution in [0, 0.1) is 0 Å². The number of carboxylic acid groups (broad SMARTS) is 1. The number of quaternary nitrogens is 1. The van der Waals surface area contributed by atoms with Crippen LogP contribution in [0.2, 0.25) is 0 Å². The fraction of sp³-hybridized carbons (Fsp3) is 0.745. The number of nitrogens with zero attached hydrogens (tertiary/aromatic N) is 1. The number of esters is 2. The predicted molar refractivity (Wildman–Crippen MR) is 247 cm³/mol. The molecule has 0 aromatic carbocycles. The van der Waals surface area contributed by atoms with Gasteiger partial charge in [0.05, 0.1) is 34.4 Å². The topological polar surface area (TPSA) is 99.1 Å². The van der Waals surface area contributed by atoms with Crippen LogP contribution < -0.4 is 0 Å². The van der Waals surface area contributed by atoms with Crippen molar-refractivity contribution in [2.75, 3.05) is 41.0 Å². The number of ether oxygens (including phenoxy) is 3. The second kappa shape index (κ2) is 41.8. The Morgan fingerprint density at radius 2 is 0.949 bits per heavy atom. The van der Waals surface area contributed by atoms with E-state index in [1.807, 2.05) is 69.8 Å². The largest absolute Gasteiger partial charge is 0.477 e. The van der Waals surface area contributed by atoms with Crippen LogP contribution in [0.4, 0.5) is 0 Å². The van der Waals surface area contributed by atoms with Gasteiger partial charge in [-0.15, -0.1) is 0 Å². The summed E-state index contributed by atoms with van der Waals surface area (Å²) in [5, 5.41) is 9.63. The first kappa shape index (κ1) is 56.0. The summed E-state index contributed by atoms with van der Waals surface area (Å²) in [4.78, 5) is 37.0. The van der Waals surface area contributed by atoms with Gasteiger partial charge in [-0.05, 0) is 32.1 Å². The van der Waals surface area contributed by atoms with E-state index in [0.717, 1.165) is 51.4 Å².